The maximum absolute atomic E-state index is 5.95. The van der Waals surface area contributed by atoms with E-state index in [0.717, 1.165) is 23.9 Å². The molecule has 0 heterocycles. The summed E-state index contributed by atoms with van der Waals surface area (Å²) in [5.74, 6) is 7.69. The normalized spacial score (nSPS) is 16.3. The summed E-state index contributed by atoms with van der Waals surface area (Å²) in [6.07, 6.45) is 7.61. The quantitative estimate of drug-likeness (QED) is 0.373. The predicted octanol–water partition coefficient (Wildman–Crippen LogP) is 4.45. The maximum atomic E-state index is 5.95. The second-order valence-corrected chi connectivity index (χ2v) is 7.95. The fourth-order valence-electron chi connectivity index (χ4n) is 2.90. The van der Waals surface area contributed by atoms with E-state index in [2.05, 4.69) is 31.4 Å². The van der Waals surface area contributed by atoms with E-state index >= 15 is 0 Å². The highest BCUT2D eigenvalue weighted by molar-refractivity contribution is 8.38. The van der Waals surface area contributed by atoms with E-state index in [9.17, 15) is 0 Å². The van der Waals surface area contributed by atoms with Crippen molar-refractivity contribution in [1.82, 2.24) is 0 Å². The van der Waals surface area contributed by atoms with Crippen LogP contribution in [-0.2, 0) is 5.75 Å². The van der Waals surface area contributed by atoms with E-state index in [0.29, 0.717) is 0 Å². The van der Waals surface area contributed by atoms with Crippen molar-refractivity contribution < 1.29 is 0 Å². The first kappa shape index (κ1) is 17.7. The van der Waals surface area contributed by atoms with Crippen LogP contribution in [0, 0.1) is 12.8 Å². The largest absolute Gasteiger partial charge is 0.314 e. The van der Waals surface area contributed by atoms with Gasteiger partial charge in [-0.25, -0.2) is 5.84 Å². The molecular weight excluding hydrogens is 310 g/mol. The molecule has 0 radical (unpaired) electrons. The molecule has 22 heavy (non-hydrogen) atoms. The molecule has 1 aliphatic carbocycles. The van der Waals surface area contributed by atoms with Crippen molar-refractivity contribution in [3.05, 3.63) is 29.3 Å². The highest BCUT2D eigenvalue weighted by Gasteiger charge is 2.15. The van der Waals surface area contributed by atoms with E-state index in [1.165, 1.54) is 41.2 Å². The zero-order chi connectivity index (χ0) is 15.9. The summed E-state index contributed by atoms with van der Waals surface area (Å²) >= 11 is 3.60. The van der Waals surface area contributed by atoms with Gasteiger partial charge in [0.1, 0.15) is 4.38 Å². The summed E-state index contributed by atoms with van der Waals surface area (Å²) in [4.78, 5) is 4.84. The number of hydrogen-bond donors (Lipinski definition) is 1. The van der Waals surface area contributed by atoms with Crippen LogP contribution in [0.4, 0.5) is 5.69 Å². The summed E-state index contributed by atoms with van der Waals surface area (Å²) in [6.45, 7) is 3.15. The first-order chi connectivity index (χ1) is 10.6. The average Bonchev–Trinajstić information content (AvgIpc) is 3.01. The van der Waals surface area contributed by atoms with Crippen LogP contribution >= 0.6 is 23.5 Å². The molecule has 1 aromatic carbocycles. The molecule has 2 N–H and O–H groups in total. The van der Waals surface area contributed by atoms with Gasteiger partial charge in [0.25, 0.3) is 0 Å². The Morgan fingerprint density at radius 3 is 2.73 bits per heavy atom. The molecule has 1 fully saturated rings. The third-order valence-electron chi connectivity index (χ3n) is 4.23. The summed E-state index contributed by atoms with van der Waals surface area (Å²) in [6, 6.07) is 6.29. The van der Waals surface area contributed by atoms with Gasteiger partial charge in [0, 0.05) is 19.3 Å². The Labute approximate surface area is 143 Å². The van der Waals surface area contributed by atoms with Crippen molar-refractivity contribution in [2.45, 2.75) is 38.4 Å². The van der Waals surface area contributed by atoms with Crippen LogP contribution < -0.4 is 10.9 Å². The molecule has 0 amide bonds. The minimum absolute atomic E-state index is 0.812. The highest BCUT2D eigenvalue weighted by Crippen LogP contribution is 2.30. The zero-order valence-corrected chi connectivity index (χ0v) is 15.5. The predicted molar refractivity (Wildman–Crippen MR) is 103 cm³/mol. The maximum Gasteiger partial charge on any atom is 0.124 e. The van der Waals surface area contributed by atoms with E-state index in [1.807, 2.05) is 18.8 Å². The number of rotatable bonds is 5. The van der Waals surface area contributed by atoms with Crippen molar-refractivity contribution in [3.63, 3.8) is 0 Å². The van der Waals surface area contributed by atoms with Crippen molar-refractivity contribution in [2.24, 2.45) is 16.8 Å². The Kier molecular flexibility index (Phi) is 7.12. The fourth-order valence-corrected chi connectivity index (χ4v) is 4.57. The van der Waals surface area contributed by atoms with E-state index < -0.39 is 0 Å². The molecule has 1 aromatic rings. The van der Waals surface area contributed by atoms with E-state index in [4.69, 9.17) is 10.8 Å². The number of benzene rings is 1. The molecule has 2 rings (SSSR count). The van der Waals surface area contributed by atoms with Gasteiger partial charge in [0.15, 0.2) is 0 Å². The van der Waals surface area contributed by atoms with Crippen LogP contribution in [-0.4, -0.2) is 24.2 Å². The van der Waals surface area contributed by atoms with Crippen LogP contribution in [0.2, 0.25) is 0 Å². The first-order valence-corrected chi connectivity index (χ1v) is 10.1. The third kappa shape index (κ3) is 4.93. The van der Waals surface area contributed by atoms with Crippen molar-refractivity contribution in [3.8, 4) is 0 Å². The molecule has 0 bridgehead atoms. The molecule has 0 atom stereocenters. The molecule has 0 spiro atoms. The fraction of sp³-hybridized carbons (Fsp3) is 0.588. The van der Waals surface area contributed by atoms with Gasteiger partial charge >= 0.3 is 0 Å². The monoisotopic (exact) mass is 337 g/mol. The molecule has 122 valence electrons. The molecular formula is C17H27N3S2. The molecule has 0 aromatic heterocycles. The van der Waals surface area contributed by atoms with Gasteiger partial charge in [-0.2, -0.15) is 0 Å². The average molecular weight is 338 g/mol. The molecule has 0 aliphatic heterocycles. The van der Waals surface area contributed by atoms with Crippen LogP contribution in [0.1, 0.15) is 36.8 Å². The van der Waals surface area contributed by atoms with Crippen molar-refractivity contribution in [2.75, 3.05) is 24.9 Å². The number of thioether (sulfide) groups is 2. The lowest BCUT2D eigenvalue weighted by Gasteiger charge is -2.19. The van der Waals surface area contributed by atoms with Gasteiger partial charge in [-0.3, -0.25) is 4.99 Å². The SMILES string of the molecule is CS/C(=N\CC1CCCC1)SCc1c(C)cccc1N(C)N. The number of hydrogen-bond acceptors (Lipinski definition) is 5. The van der Waals surface area contributed by atoms with Gasteiger partial charge in [-0.15, -0.1) is 11.8 Å². The van der Waals surface area contributed by atoms with Crippen LogP contribution in [0.5, 0.6) is 0 Å². The summed E-state index contributed by atoms with van der Waals surface area (Å²) < 4.78 is 1.20. The van der Waals surface area contributed by atoms with Gasteiger partial charge in [0.2, 0.25) is 0 Å². The minimum atomic E-state index is 0.812. The number of aryl methyl sites for hydroxylation is 1. The third-order valence-corrected chi connectivity index (χ3v) is 6.37. The lowest BCUT2D eigenvalue weighted by Crippen LogP contribution is -2.26. The standard InChI is InChI=1S/C17H27N3S2/c1-13-7-6-10-16(20(2)18)15(13)12-22-17(21-3)19-11-14-8-4-5-9-14/h6-7,10,14H,4-5,8-9,11-12,18H2,1-3H3/b19-17+. The topological polar surface area (TPSA) is 41.6 Å². The molecule has 1 aliphatic rings. The van der Waals surface area contributed by atoms with Crippen LogP contribution in [0.15, 0.2) is 23.2 Å². The second kappa shape index (κ2) is 8.85. The zero-order valence-electron chi connectivity index (χ0n) is 13.8. The van der Waals surface area contributed by atoms with Crippen molar-refractivity contribution >= 4 is 33.6 Å². The number of nitrogens with zero attached hydrogens (tertiary/aromatic N) is 2. The van der Waals surface area contributed by atoms with Gasteiger partial charge in [-0.1, -0.05) is 36.7 Å². The molecule has 0 unspecified atom stereocenters. The molecule has 3 nitrogen and oxygen atoms in total. The molecule has 5 heteroatoms. The summed E-state index contributed by atoms with van der Waals surface area (Å²) in [5.41, 5.74) is 3.70. The lowest BCUT2D eigenvalue weighted by atomic mass is 10.1. The summed E-state index contributed by atoms with van der Waals surface area (Å²) in [7, 11) is 1.90. The van der Waals surface area contributed by atoms with Crippen molar-refractivity contribution in [1.29, 1.82) is 0 Å². The second-order valence-electron chi connectivity index (χ2n) is 5.93. The van der Waals surface area contributed by atoms with E-state index in [1.54, 1.807) is 16.8 Å². The van der Waals surface area contributed by atoms with E-state index in [-0.39, 0.29) is 0 Å². The highest BCUT2D eigenvalue weighted by atomic mass is 32.2. The first-order valence-electron chi connectivity index (χ1n) is 7.90. The number of aliphatic imine (C=N–C) groups is 1. The molecule has 0 saturated heterocycles. The minimum Gasteiger partial charge on any atom is -0.314 e. The van der Waals surface area contributed by atoms with Gasteiger partial charge in [0.05, 0.1) is 5.69 Å². The van der Waals surface area contributed by atoms with Crippen LogP contribution in [0.25, 0.3) is 0 Å². The van der Waals surface area contributed by atoms with Gasteiger partial charge < -0.3 is 5.01 Å². The molecule has 1 saturated carbocycles. The van der Waals surface area contributed by atoms with Crippen LogP contribution in [0.3, 0.4) is 0 Å². The lowest BCUT2D eigenvalue weighted by molar-refractivity contribution is 0.565. The Balaban J connectivity index is 1.99. The summed E-state index contributed by atoms with van der Waals surface area (Å²) in [5, 5.41) is 1.71. The Bertz CT molecular complexity index is 509. The number of hydrazine groups is 1. The smallest absolute Gasteiger partial charge is 0.124 e. The Morgan fingerprint density at radius 2 is 2.09 bits per heavy atom. The Hall–Kier alpha value is -0.650. The number of anilines is 1. The Morgan fingerprint density at radius 1 is 1.36 bits per heavy atom. The number of nitrogens with two attached hydrogens (primary N) is 1. The van der Waals surface area contributed by atoms with Gasteiger partial charge in [-0.05, 0) is 49.1 Å².